The van der Waals surface area contributed by atoms with Gasteiger partial charge >= 0.3 is 6.18 Å². The summed E-state index contributed by atoms with van der Waals surface area (Å²) in [5, 5.41) is 3.04. The Morgan fingerprint density at radius 1 is 0.932 bits per heavy atom. The minimum atomic E-state index is -4.73. The van der Waals surface area contributed by atoms with Gasteiger partial charge in [-0.15, -0.1) is 0 Å². The highest BCUT2D eigenvalue weighted by Crippen LogP contribution is 2.33. The van der Waals surface area contributed by atoms with Crippen molar-refractivity contribution in [2.24, 2.45) is 0 Å². The normalized spacial score (nSPS) is 14.7. The van der Waals surface area contributed by atoms with Crippen LogP contribution in [0.25, 0.3) is 0 Å². The number of carbonyl (C=O) groups is 2. The van der Waals surface area contributed by atoms with Crippen LogP contribution in [0.3, 0.4) is 0 Å². The van der Waals surface area contributed by atoms with E-state index in [0.29, 0.717) is 10.4 Å². The van der Waals surface area contributed by atoms with Crippen molar-refractivity contribution in [2.45, 2.75) is 82.6 Å². The number of hydrogen-bond acceptors (Lipinski definition) is 4. The smallest absolute Gasteiger partial charge is 0.352 e. The molecule has 0 heterocycles. The van der Waals surface area contributed by atoms with Gasteiger partial charge in [0.1, 0.15) is 12.6 Å². The summed E-state index contributed by atoms with van der Waals surface area (Å²) >= 11 is 0. The molecule has 4 rings (SSSR count). The fourth-order valence-corrected chi connectivity index (χ4v) is 6.79. The molecule has 1 aliphatic rings. The van der Waals surface area contributed by atoms with Crippen molar-refractivity contribution >= 4 is 27.5 Å². The van der Waals surface area contributed by atoms with E-state index in [1.807, 2.05) is 31.2 Å². The van der Waals surface area contributed by atoms with Crippen molar-refractivity contribution in [2.75, 3.05) is 10.8 Å². The maximum atomic E-state index is 14.2. The minimum absolute atomic E-state index is 0.00333. The number of rotatable bonds is 11. The van der Waals surface area contributed by atoms with Crippen molar-refractivity contribution in [3.05, 3.63) is 95.1 Å². The van der Waals surface area contributed by atoms with Gasteiger partial charge in [-0.2, -0.15) is 13.2 Å². The van der Waals surface area contributed by atoms with E-state index >= 15 is 0 Å². The molecule has 1 fully saturated rings. The number of benzene rings is 3. The largest absolute Gasteiger partial charge is 0.416 e. The summed E-state index contributed by atoms with van der Waals surface area (Å²) in [6.07, 6.45) is -0.807. The second kappa shape index (κ2) is 13.8. The first kappa shape index (κ1) is 33.0. The lowest BCUT2D eigenvalue weighted by molar-refractivity contribution is -0.140. The van der Waals surface area contributed by atoms with Crippen molar-refractivity contribution in [1.82, 2.24) is 10.2 Å². The molecule has 1 aliphatic carbocycles. The van der Waals surface area contributed by atoms with Crippen LogP contribution in [-0.4, -0.2) is 43.8 Å². The van der Waals surface area contributed by atoms with Crippen molar-refractivity contribution in [3.63, 3.8) is 0 Å². The highest BCUT2D eigenvalue weighted by molar-refractivity contribution is 7.92. The summed E-state index contributed by atoms with van der Waals surface area (Å²) < 4.78 is 69.6. The third-order valence-corrected chi connectivity index (χ3v) is 9.70. The molecule has 1 saturated carbocycles. The zero-order chi connectivity index (χ0) is 32.1. The summed E-state index contributed by atoms with van der Waals surface area (Å²) in [6, 6.07) is 16.2. The molecule has 0 saturated heterocycles. The Morgan fingerprint density at radius 3 is 2.09 bits per heavy atom. The Balaban J connectivity index is 1.75. The molecule has 1 unspecified atom stereocenters. The van der Waals surface area contributed by atoms with Crippen LogP contribution in [0, 0.1) is 13.8 Å². The maximum Gasteiger partial charge on any atom is 0.416 e. The number of carbonyl (C=O) groups excluding carboxylic acids is 2. The van der Waals surface area contributed by atoms with Crippen LogP contribution in [0.5, 0.6) is 0 Å². The molecule has 236 valence electrons. The lowest BCUT2D eigenvalue weighted by atomic mass is 10.1. The molecule has 0 radical (unpaired) electrons. The molecule has 3 aromatic rings. The van der Waals surface area contributed by atoms with Crippen LogP contribution in [-0.2, 0) is 32.3 Å². The second-order valence-corrected chi connectivity index (χ2v) is 13.2. The molecule has 0 spiro atoms. The maximum absolute atomic E-state index is 14.2. The standard InChI is InChI=1S/C33H38F3N3O4S/c1-4-30(32(41)37-27-9-5-6-10-27)38(21-25-16-12-23(2)13-17-25)31(40)22-39(28-11-7-8-26(20-28)33(34,35)36)44(42,43)29-18-14-24(3)15-19-29/h7-8,11-20,27,30H,4-6,9-10,21-22H2,1-3H3,(H,37,41). The molecule has 1 atom stereocenters. The van der Waals surface area contributed by atoms with Crippen LogP contribution < -0.4 is 9.62 Å². The highest BCUT2D eigenvalue weighted by Gasteiger charge is 2.36. The van der Waals surface area contributed by atoms with E-state index in [1.165, 1.54) is 23.1 Å². The quantitative estimate of drug-likeness (QED) is 0.267. The lowest BCUT2D eigenvalue weighted by Crippen LogP contribution is -2.53. The van der Waals surface area contributed by atoms with E-state index in [9.17, 15) is 31.2 Å². The predicted molar refractivity (Wildman–Crippen MR) is 163 cm³/mol. The number of anilines is 1. The molecule has 2 amide bonds. The van der Waals surface area contributed by atoms with Crippen molar-refractivity contribution in [3.8, 4) is 0 Å². The molecular formula is C33H38F3N3O4S. The van der Waals surface area contributed by atoms with Crippen molar-refractivity contribution in [1.29, 1.82) is 0 Å². The summed E-state index contributed by atoms with van der Waals surface area (Å²) in [4.78, 5) is 28.8. The van der Waals surface area contributed by atoms with E-state index in [2.05, 4.69) is 5.32 Å². The molecule has 0 aromatic heterocycles. The Hall–Kier alpha value is -3.86. The molecule has 0 aliphatic heterocycles. The first-order chi connectivity index (χ1) is 20.8. The first-order valence-corrected chi connectivity index (χ1v) is 16.2. The number of nitrogens with one attached hydrogen (secondary N) is 1. The Kier molecular flexibility index (Phi) is 10.4. The number of hydrogen-bond donors (Lipinski definition) is 1. The monoisotopic (exact) mass is 629 g/mol. The number of nitrogens with zero attached hydrogens (tertiary/aromatic N) is 2. The van der Waals surface area contributed by atoms with Crippen LogP contribution in [0.1, 0.15) is 61.3 Å². The van der Waals surface area contributed by atoms with Crippen molar-refractivity contribution < 1.29 is 31.2 Å². The summed E-state index contributed by atoms with van der Waals surface area (Å²) in [6.45, 7) is 4.66. The summed E-state index contributed by atoms with van der Waals surface area (Å²) in [5.74, 6) is -1.06. The van der Waals surface area contributed by atoms with Gasteiger partial charge < -0.3 is 10.2 Å². The van der Waals surface area contributed by atoms with Gasteiger partial charge in [-0.05, 0) is 69.0 Å². The number of aryl methyl sites for hydroxylation is 2. The van der Waals surface area contributed by atoms with E-state index in [-0.39, 0.29) is 35.5 Å². The van der Waals surface area contributed by atoms with E-state index in [0.717, 1.165) is 54.5 Å². The van der Waals surface area contributed by atoms with Gasteiger partial charge in [0.2, 0.25) is 11.8 Å². The first-order valence-electron chi connectivity index (χ1n) is 14.7. The SMILES string of the molecule is CCC(C(=O)NC1CCCC1)N(Cc1ccc(C)cc1)C(=O)CN(c1cccc(C(F)(F)F)c1)S(=O)(=O)c1ccc(C)cc1. The zero-order valence-electron chi connectivity index (χ0n) is 25.1. The highest BCUT2D eigenvalue weighted by atomic mass is 32.2. The van der Waals surface area contributed by atoms with E-state index in [1.54, 1.807) is 26.0 Å². The minimum Gasteiger partial charge on any atom is -0.352 e. The fraction of sp³-hybridized carbons (Fsp3) is 0.394. The average molecular weight is 630 g/mol. The summed E-state index contributed by atoms with van der Waals surface area (Å²) in [5.41, 5.74) is 1.15. The number of alkyl halides is 3. The molecular weight excluding hydrogens is 591 g/mol. The van der Waals surface area contributed by atoms with Gasteiger partial charge in [0.05, 0.1) is 16.1 Å². The van der Waals surface area contributed by atoms with Gasteiger partial charge in [-0.1, -0.05) is 73.4 Å². The van der Waals surface area contributed by atoms with Gasteiger partial charge in [0, 0.05) is 12.6 Å². The third-order valence-electron chi connectivity index (χ3n) is 7.91. The van der Waals surface area contributed by atoms with Gasteiger partial charge in [0.25, 0.3) is 10.0 Å². The summed E-state index contributed by atoms with van der Waals surface area (Å²) in [7, 11) is -4.49. The average Bonchev–Trinajstić information content (AvgIpc) is 3.49. The number of amides is 2. The number of halogens is 3. The second-order valence-electron chi connectivity index (χ2n) is 11.3. The molecule has 44 heavy (non-hydrogen) atoms. The van der Waals surface area contributed by atoms with Gasteiger partial charge in [-0.3, -0.25) is 13.9 Å². The molecule has 11 heteroatoms. The molecule has 7 nitrogen and oxygen atoms in total. The van der Waals surface area contributed by atoms with Crippen LogP contribution in [0.4, 0.5) is 18.9 Å². The molecule has 1 N–H and O–H groups in total. The van der Waals surface area contributed by atoms with Gasteiger partial charge in [-0.25, -0.2) is 8.42 Å². The Bertz CT molecular complexity index is 1550. The molecule has 0 bridgehead atoms. The van der Waals surface area contributed by atoms with Crippen LogP contribution >= 0.6 is 0 Å². The zero-order valence-corrected chi connectivity index (χ0v) is 25.9. The van der Waals surface area contributed by atoms with E-state index < -0.39 is 40.3 Å². The Morgan fingerprint density at radius 2 is 1.52 bits per heavy atom. The fourth-order valence-electron chi connectivity index (χ4n) is 5.38. The third kappa shape index (κ3) is 7.99. The van der Waals surface area contributed by atoms with Crippen LogP contribution in [0.2, 0.25) is 0 Å². The molecule has 3 aromatic carbocycles. The number of sulfonamides is 1. The van der Waals surface area contributed by atoms with Gasteiger partial charge in [0.15, 0.2) is 0 Å². The predicted octanol–water partition coefficient (Wildman–Crippen LogP) is 6.38. The lowest BCUT2D eigenvalue weighted by Gasteiger charge is -2.34. The Labute approximate surface area is 257 Å². The van der Waals surface area contributed by atoms with Crippen LogP contribution in [0.15, 0.2) is 77.7 Å². The topological polar surface area (TPSA) is 86.8 Å². The van der Waals surface area contributed by atoms with E-state index in [4.69, 9.17) is 0 Å².